The number of benzene rings is 1. The number of likely N-dealkylation sites (tertiary alicyclic amines) is 1. The van der Waals surface area contributed by atoms with Crippen LogP contribution in [-0.4, -0.2) is 59.8 Å². The molecule has 182 valence electrons. The molecule has 1 aromatic carbocycles. The second-order valence-electron chi connectivity index (χ2n) is 9.07. The third-order valence-corrected chi connectivity index (χ3v) is 5.02. The van der Waals surface area contributed by atoms with E-state index in [-0.39, 0.29) is 36.1 Å². The number of guanidine groups is 1. The Bertz CT molecular complexity index is 921. The van der Waals surface area contributed by atoms with Gasteiger partial charge in [0, 0.05) is 38.2 Å². The number of rotatable bonds is 6. The highest BCUT2D eigenvalue weighted by molar-refractivity contribution is 14.0. The van der Waals surface area contributed by atoms with Crippen LogP contribution >= 0.6 is 24.0 Å². The van der Waals surface area contributed by atoms with Gasteiger partial charge < -0.3 is 24.7 Å². The lowest BCUT2D eigenvalue weighted by atomic mass is 10.1. The van der Waals surface area contributed by atoms with Crippen molar-refractivity contribution in [3.63, 3.8) is 0 Å². The van der Waals surface area contributed by atoms with E-state index in [1.165, 1.54) is 5.56 Å². The summed E-state index contributed by atoms with van der Waals surface area (Å²) in [4.78, 5) is 23.6. The Balaban J connectivity index is 0.00000385. The molecule has 1 aromatic heterocycles. The molecule has 0 bridgehead atoms. The molecule has 1 aliphatic rings. The number of alkyl carbamates (subject to hydrolysis) is 1. The number of amides is 1. The summed E-state index contributed by atoms with van der Waals surface area (Å²) >= 11 is 0. The highest BCUT2D eigenvalue weighted by Crippen LogP contribution is 2.19. The van der Waals surface area contributed by atoms with Crippen molar-refractivity contribution in [3.8, 4) is 11.5 Å². The molecule has 9 heteroatoms. The second kappa shape index (κ2) is 12.2. The zero-order valence-corrected chi connectivity index (χ0v) is 22.5. The lowest BCUT2D eigenvalue weighted by Gasteiger charge is -2.23. The zero-order valence-electron chi connectivity index (χ0n) is 20.2. The Morgan fingerprint density at radius 1 is 1.30 bits per heavy atom. The minimum Gasteiger partial charge on any atom is -0.444 e. The van der Waals surface area contributed by atoms with Gasteiger partial charge in [-0.15, -0.1) is 24.0 Å². The molecule has 1 aliphatic heterocycles. The van der Waals surface area contributed by atoms with Gasteiger partial charge in [-0.1, -0.05) is 17.7 Å². The van der Waals surface area contributed by atoms with E-state index < -0.39 is 5.60 Å². The van der Waals surface area contributed by atoms with E-state index in [9.17, 15) is 4.79 Å². The van der Waals surface area contributed by atoms with Gasteiger partial charge in [0.15, 0.2) is 5.96 Å². The number of carbonyl (C=O) groups excluding carboxylic acids is 1. The van der Waals surface area contributed by atoms with Crippen LogP contribution in [0.4, 0.5) is 4.79 Å². The highest BCUT2D eigenvalue weighted by atomic mass is 127. The zero-order chi connectivity index (χ0) is 23.1. The summed E-state index contributed by atoms with van der Waals surface area (Å²) in [6.45, 7) is 12.6. The number of carbonyl (C=O) groups is 1. The van der Waals surface area contributed by atoms with Gasteiger partial charge in [0.1, 0.15) is 11.9 Å². The molecule has 1 unspecified atom stereocenters. The average molecular weight is 569 g/mol. The molecule has 2 aromatic rings. The molecule has 0 aliphatic carbocycles. The van der Waals surface area contributed by atoms with Gasteiger partial charge >= 0.3 is 6.09 Å². The fourth-order valence-corrected chi connectivity index (χ4v) is 3.50. The summed E-state index contributed by atoms with van der Waals surface area (Å²) in [5.74, 6) is 1.48. The standard InChI is InChI=1S/C24H35N5O3.HI/c1-6-25-22(29-14-12-19(15-29)28-23(30)32-24(3,4)5)26-13-11-20-16-31-21(27-20)18-9-7-17(2)8-10-18;/h7-10,16,19H,6,11-15H2,1-5H3,(H,25,26)(H,28,30);1H. The predicted molar refractivity (Wildman–Crippen MR) is 141 cm³/mol. The molecule has 1 atom stereocenters. The van der Waals surface area contributed by atoms with E-state index in [4.69, 9.17) is 14.1 Å². The second-order valence-corrected chi connectivity index (χ2v) is 9.07. The molecule has 8 nitrogen and oxygen atoms in total. The minimum absolute atomic E-state index is 0. The molecule has 1 amide bonds. The normalized spacial score (nSPS) is 16.3. The average Bonchev–Trinajstić information content (AvgIpc) is 3.36. The lowest BCUT2D eigenvalue weighted by Crippen LogP contribution is -2.44. The van der Waals surface area contributed by atoms with Gasteiger partial charge in [-0.25, -0.2) is 9.78 Å². The molecule has 0 spiro atoms. The molecule has 0 radical (unpaired) electrons. The number of nitrogens with one attached hydrogen (secondary N) is 2. The van der Waals surface area contributed by atoms with Crippen LogP contribution in [0, 0.1) is 6.92 Å². The Morgan fingerprint density at radius 2 is 2.03 bits per heavy atom. The van der Waals surface area contributed by atoms with Gasteiger partial charge in [-0.05, 0) is 53.2 Å². The van der Waals surface area contributed by atoms with Gasteiger partial charge in [0.05, 0.1) is 11.7 Å². The molecule has 2 heterocycles. The third kappa shape index (κ3) is 8.53. The Morgan fingerprint density at radius 3 is 2.70 bits per heavy atom. The van der Waals surface area contributed by atoms with Crippen LogP contribution in [0.3, 0.4) is 0 Å². The van der Waals surface area contributed by atoms with Crippen LogP contribution in [0.1, 0.15) is 45.4 Å². The summed E-state index contributed by atoms with van der Waals surface area (Å²) in [5, 5.41) is 6.31. The minimum atomic E-state index is -0.501. The van der Waals surface area contributed by atoms with Crippen LogP contribution in [-0.2, 0) is 11.2 Å². The summed E-state index contributed by atoms with van der Waals surface area (Å²) in [5.41, 5.74) is 2.56. The van der Waals surface area contributed by atoms with Crippen molar-refractivity contribution in [1.82, 2.24) is 20.5 Å². The number of oxazole rings is 1. The molecule has 3 rings (SSSR count). The predicted octanol–water partition coefficient (Wildman–Crippen LogP) is 4.38. The fraction of sp³-hybridized carbons (Fsp3) is 0.542. The summed E-state index contributed by atoms with van der Waals surface area (Å²) in [6.07, 6.45) is 2.88. The molecule has 33 heavy (non-hydrogen) atoms. The van der Waals surface area contributed by atoms with Crippen molar-refractivity contribution >= 4 is 36.0 Å². The van der Waals surface area contributed by atoms with E-state index in [2.05, 4.69) is 27.4 Å². The summed E-state index contributed by atoms with van der Waals surface area (Å²) in [7, 11) is 0. The van der Waals surface area contributed by atoms with Crippen molar-refractivity contribution in [1.29, 1.82) is 0 Å². The lowest BCUT2D eigenvalue weighted by molar-refractivity contribution is 0.0507. The first kappa shape index (κ1) is 26.9. The van der Waals surface area contributed by atoms with Crippen LogP contribution in [0.2, 0.25) is 0 Å². The van der Waals surface area contributed by atoms with Crippen molar-refractivity contribution < 1.29 is 13.9 Å². The number of aromatic nitrogens is 1. The van der Waals surface area contributed by atoms with Gasteiger partial charge in [0.2, 0.25) is 5.89 Å². The van der Waals surface area contributed by atoms with E-state index in [0.717, 1.165) is 36.7 Å². The molecule has 0 saturated carbocycles. The summed E-state index contributed by atoms with van der Waals surface area (Å²) in [6, 6.07) is 8.17. The smallest absolute Gasteiger partial charge is 0.407 e. The maximum Gasteiger partial charge on any atom is 0.407 e. The SMILES string of the molecule is CCNC(=NCCc1coc(-c2ccc(C)cc2)n1)N1CCC(NC(=O)OC(C)(C)C)C1.I. The fourth-order valence-electron chi connectivity index (χ4n) is 3.50. The van der Waals surface area contributed by atoms with Gasteiger partial charge in [-0.2, -0.15) is 0 Å². The number of aliphatic imine (C=N–C) groups is 1. The van der Waals surface area contributed by atoms with Crippen LogP contribution in [0.15, 0.2) is 39.9 Å². The highest BCUT2D eigenvalue weighted by Gasteiger charge is 2.27. The van der Waals surface area contributed by atoms with Crippen molar-refractivity contribution in [2.24, 2.45) is 4.99 Å². The first-order valence-electron chi connectivity index (χ1n) is 11.3. The summed E-state index contributed by atoms with van der Waals surface area (Å²) < 4.78 is 11.0. The first-order valence-corrected chi connectivity index (χ1v) is 11.3. The number of halogens is 1. The Hall–Kier alpha value is -2.30. The van der Waals surface area contributed by atoms with E-state index in [0.29, 0.717) is 25.4 Å². The Kier molecular flexibility index (Phi) is 10.00. The maximum atomic E-state index is 12.1. The molecule has 1 saturated heterocycles. The van der Waals surface area contributed by atoms with Crippen LogP contribution in [0.25, 0.3) is 11.5 Å². The van der Waals surface area contributed by atoms with Crippen molar-refractivity contribution in [3.05, 3.63) is 41.8 Å². The number of hydrogen-bond donors (Lipinski definition) is 2. The monoisotopic (exact) mass is 569 g/mol. The Labute approximate surface area is 213 Å². The molecule has 2 N–H and O–H groups in total. The molecule has 1 fully saturated rings. The van der Waals surface area contributed by atoms with E-state index in [1.54, 1.807) is 6.26 Å². The number of nitrogens with zero attached hydrogens (tertiary/aromatic N) is 3. The van der Waals surface area contributed by atoms with Crippen molar-refractivity contribution in [2.75, 3.05) is 26.2 Å². The molecular weight excluding hydrogens is 533 g/mol. The van der Waals surface area contributed by atoms with Crippen molar-refractivity contribution in [2.45, 2.75) is 59.1 Å². The number of hydrogen-bond acceptors (Lipinski definition) is 5. The largest absolute Gasteiger partial charge is 0.444 e. The maximum absolute atomic E-state index is 12.1. The van der Waals surface area contributed by atoms with E-state index in [1.807, 2.05) is 52.0 Å². The van der Waals surface area contributed by atoms with Gasteiger partial charge in [-0.3, -0.25) is 4.99 Å². The molecular formula is C24H36IN5O3. The van der Waals surface area contributed by atoms with Gasteiger partial charge in [0.25, 0.3) is 0 Å². The third-order valence-electron chi connectivity index (χ3n) is 5.02. The number of ether oxygens (including phenoxy) is 1. The van der Waals surface area contributed by atoms with Crippen LogP contribution < -0.4 is 10.6 Å². The topological polar surface area (TPSA) is 92.0 Å². The first-order chi connectivity index (χ1) is 15.2. The van der Waals surface area contributed by atoms with E-state index >= 15 is 0 Å². The van der Waals surface area contributed by atoms with Crippen LogP contribution in [0.5, 0.6) is 0 Å². The number of aryl methyl sites for hydroxylation is 1. The quantitative estimate of drug-likeness (QED) is 0.305.